The summed E-state index contributed by atoms with van der Waals surface area (Å²) >= 11 is 1.82. The highest BCUT2D eigenvalue weighted by Gasteiger charge is 2.03. The van der Waals surface area contributed by atoms with Gasteiger partial charge in [-0.15, -0.1) is 11.3 Å². The normalized spacial score (nSPS) is 13.2. The van der Waals surface area contributed by atoms with E-state index < -0.39 is 0 Å². The first-order valence-corrected chi connectivity index (χ1v) is 7.02. The molecule has 1 atom stereocenters. The Morgan fingerprint density at radius 2 is 2.31 bits per heavy atom. The molecule has 2 nitrogen and oxygen atoms in total. The van der Waals surface area contributed by atoms with Crippen molar-refractivity contribution < 1.29 is 0 Å². The van der Waals surface area contributed by atoms with Gasteiger partial charge in [-0.1, -0.05) is 26.3 Å². The van der Waals surface area contributed by atoms with Crippen LogP contribution in [0.1, 0.15) is 25.1 Å². The van der Waals surface area contributed by atoms with Crippen LogP contribution in [0.15, 0.2) is 17.5 Å². The van der Waals surface area contributed by atoms with Crippen molar-refractivity contribution in [3.63, 3.8) is 0 Å². The van der Waals surface area contributed by atoms with E-state index in [1.807, 2.05) is 11.3 Å². The lowest BCUT2D eigenvalue weighted by molar-refractivity contribution is 0.281. The standard InChI is InChI=1S/C13H24N2S/c1-4-12(2)11-15(3)8-7-14-10-13-6-5-9-16-13/h5-6,9,12,14H,4,7-8,10-11H2,1-3H3. The summed E-state index contributed by atoms with van der Waals surface area (Å²) in [4.78, 5) is 3.83. The van der Waals surface area contributed by atoms with Gasteiger partial charge in [0.05, 0.1) is 0 Å². The molecule has 1 heterocycles. The molecule has 16 heavy (non-hydrogen) atoms. The van der Waals surface area contributed by atoms with Crippen molar-refractivity contribution >= 4 is 11.3 Å². The highest BCUT2D eigenvalue weighted by Crippen LogP contribution is 2.07. The van der Waals surface area contributed by atoms with Crippen LogP contribution in [0.3, 0.4) is 0 Å². The molecule has 0 bridgehead atoms. The summed E-state index contributed by atoms with van der Waals surface area (Å²) in [6.45, 7) is 9.00. The third-order valence-electron chi connectivity index (χ3n) is 2.87. The molecule has 0 aromatic carbocycles. The molecule has 1 N–H and O–H groups in total. The molecule has 0 saturated heterocycles. The SMILES string of the molecule is CCC(C)CN(C)CCNCc1cccs1. The number of thiophene rings is 1. The molecule has 0 aliphatic heterocycles. The van der Waals surface area contributed by atoms with Crippen LogP contribution in [0.4, 0.5) is 0 Å². The largest absolute Gasteiger partial charge is 0.311 e. The van der Waals surface area contributed by atoms with E-state index in [4.69, 9.17) is 0 Å². The van der Waals surface area contributed by atoms with Crippen LogP contribution in [-0.4, -0.2) is 31.6 Å². The van der Waals surface area contributed by atoms with E-state index in [0.29, 0.717) is 0 Å². The van der Waals surface area contributed by atoms with Gasteiger partial charge in [-0.3, -0.25) is 0 Å². The molecule has 3 heteroatoms. The van der Waals surface area contributed by atoms with Gasteiger partial charge < -0.3 is 10.2 Å². The summed E-state index contributed by atoms with van der Waals surface area (Å²) in [6, 6.07) is 4.29. The molecule has 1 rings (SSSR count). The molecule has 92 valence electrons. The van der Waals surface area contributed by atoms with Gasteiger partial charge in [0.2, 0.25) is 0 Å². The predicted molar refractivity (Wildman–Crippen MR) is 73.0 cm³/mol. The zero-order valence-corrected chi connectivity index (χ0v) is 11.5. The van der Waals surface area contributed by atoms with E-state index >= 15 is 0 Å². The second-order valence-corrected chi connectivity index (χ2v) is 5.56. The molecular weight excluding hydrogens is 216 g/mol. The molecule has 0 spiro atoms. The molecule has 0 radical (unpaired) electrons. The van der Waals surface area contributed by atoms with Gasteiger partial charge in [-0.05, 0) is 24.4 Å². The van der Waals surface area contributed by atoms with Crippen LogP contribution in [-0.2, 0) is 6.54 Å². The second kappa shape index (κ2) is 7.82. The molecule has 0 aliphatic carbocycles. The van der Waals surface area contributed by atoms with E-state index in [0.717, 1.165) is 25.6 Å². The maximum atomic E-state index is 3.48. The quantitative estimate of drug-likeness (QED) is 0.703. The van der Waals surface area contributed by atoms with Crippen molar-refractivity contribution in [3.05, 3.63) is 22.4 Å². The van der Waals surface area contributed by atoms with Crippen molar-refractivity contribution in [2.75, 3.05) is 26.7 Å². The lowest BCUT2D eigenvalue weighted by atomic mass is 10.1. The number of rotatable bonds is 8. The van der Waals surface area contributed by atoms with Gasteiger partial charge in [0.1, 0.15) is 0 Å². The minimum absolute atomic E-state index is 0.808. The van der Waals surface area contributed by atoms with Crippen LogP contribution >= 0.6 is 11.3 Å². The maximum absolute atomic E-state index is 3.48. The minimum atomic E-state index is 0.808. The molecule has 0 amide bonds. The van der Waals surface area contributed by atoms with E-state index in [1.165, 1.54) is 17.8 Å². The van der Waals surface area contributed by atoms with E-state index in [9.17, 15) is 0 Å². The Kier molecular flexibility index (Phi) is 6.69. The van der Waals surface area contributed by atoms with Crippen LogP contribution < -0.4 is 5.32 Å². The number of hydrogen-bond donors (Lipinski definition) is 1. The van der Waals surface area contributed by atoms with Crippen molar-refractivity contribution in [1.82, 2.24) is 10.2 Å². The van der Waals surface area contributed by atoms with Gasteiger partial charge in [-0.2, -0.15) is 0 Å². The molecule has 1 aromatic rings. The fraction of sp³-hybridized carbons (Fsp3) is 0.692. The molecule has 0 fully saturated rings. The van der Waals surface area contributed by atoms with Gasteiger partial charge in [0.15, 0.2) is 0 Å². The van der Waals surface area contributed by atoms with Crippen molar-refractivity contribution in [3.8, 4) is 0 Å². The van der Waals surface area contributed by atoms with Crippen LogP contribution in [0.5, 0.6) is 0 Å². The lowest BCUT2D eigenvalue weighted by Crippen LogP contribution is -2.31. The van der Waals surface area contributed by atoms with E-state index in [-0.39, 0.29) is 0 Å². The Bertz CT molecular complexity index is 259. The van der Waals surface area contributed by atoms with Crippen molar-refractivity contribution in [2.45, 2.75) is 26.8 Å². The lowest BCUT2D eigenvalue weighted by Gasteiger charge is -2.20. The third kappa shape index (κ3) is 5.64. The minimum Gasteiger partial charge on any atom is -0.311 e. The highest BCUT2D eigenvalue weighted by atomic mass is 32.1. The van der Waals surface area contributed by atoms with Crippen LogP contribution in [0.25, 0.3) is 0 Å². The Balaban J connectivity index is 2.02. The molecular formula is C13H24N2S. The van der Waals surface area contributed by atoms with Gasteiger partial charge in [0.25, 0.3) is 0 Å². The summed E-state index contributed by atoms with van der Waals surface area (Å²) in [5, 5.41) is 5.61. The third-order valence-corrected chi connectivity index (χ3v) is 3.75. The Hall–Kier alpha value is -0.380. The van der Waals surface area contributed by atoms with Crippen LogP contribution in [0.2, 0.25) is 0 Å². The number of nitrogens with one attached hydrogen (secondary N) is 1. The van der Waals surface area contributed by atoms with E-state index in [1.54, 1.807) is 0 Å². The average molecular weight is 240 g/mol. The summed E-state index contributed by atoms with van der Waals surface area (Å²) in [5.74, 6) is 0.808. The predicted octanol–water partition coefficient (Wildman–Crippen LogP) is 2.82. The fourth-order valence-electron chi connectivity index (χ4n) is 1.65. The van der Waals surface area contributed by atoms with Gasteiger partial charge in [0, 0.05) is 31.1 Å². The first-order valence-electron chi connectivity index (χ1n) is 6.14. The first kappa shape index (κ1) is 13.7. The van der Waals surface area contributed by atoms with Crippen molar-refractivity contribution in [1.29, 1.82) is 0 Å². The summed E-state index contributed by atoms with van der Waals surface area (Å²) < 4.78 is 0. The van der Waals surface area contributed by atoms with Crippen molar-refractivity contribution in [2.24, 2.45) is 5.92 Å². The summed E-state index contributed by atoms with van der Waals surface area (Å²) in [5.41, 5.74) is 0. The Morgan fingerprint density at radius 3 is 2.94 bits per heavy atom. The fourth-order valence-corrected chi connectivity index (χ4v) is 2.32. The van der Waals surface area contributed by atoms with Gasteiger partial charge in [-0.25, -0.2) is 0 Å². The van der Waals surface area contributed by atoms with Crippen LogP contribution in [0, 0.1) is 5.92 Å². The summed E-state index contributed by atoms with van der Waals surface area (Å²) in [7, 11) is 2.21. The summed E-state index contributed by atoms with van der Waals surface area (Å²) in [6.07, 6.45) is 1.27. The van der Waals surface area contributed by atoms with E-state index in [2.05, 4.69) is 48.6 Å². The molecule has 0 aliphatic rings. The maximum Gasteiger partial charge on any atom is 0.0300 e. The monoisotopic (exact) mass is 240 g/mol. The topological polar surface area (TPSA) is 15.3 Å². The zero-order valence-electron chi connectivity index (χ0n) is 10.7. The average Bonchev–Trinajstić information content (AvgIpc) is 2.77. The highest BCUT2D eigenvalue weighted by molar-refractivity contribution is 7.09. The zero-order chi connectivity index (χ0) is 11.8. The molecule has 0 saturated carbocycles. The van der Waals surface area contributed by atoms with Gasteiger partial charge >= 0.3 is 0 Å². The smallest absolute Gasteiger partial charge is 0.0300 e. The Morgan fingerprint density at radius 1 is 1.50 bits per heavy atom. The number of nitrogens with zero attached hydrogens (tertiary/aromatic N) is 1. The molecule has 1 unspecified atom stereocenters. The first-order chi connectivity index (χ1) is 7.72. The Labute approximate surface area is 104 Å². The second-order valence-electron chi connectivity index (χ2n) is 4.53. The number of hydrogen-bond acceptors (Lipinski definition) is 3. The molecule has 1 aromatic heterocycles. The number of likely N-dealkylation sites (N-methyl/N-ethyl adjacent to an activating group) is 1.